The molecule has 2 saturated heterocycles. The number of carbonyl (C=O) groups is 1. The third kappa shape index (κ3) is 2.86. The maximum atomic E-state index is 12.6. The molecule has 2 fully saturated rings. The van der Waals surface area contributed by atoms with Crippen LogP contribution < -0.4 is 5.32 Å². The zero-order valence-electron chi connectivity index (χ0n) is 11.9. The number of ether oxygens (including phenoxy) is 1. The first-order valence-electron chi connectivity index (χ1n) is 7.18. The van der Waals surface area contributed by atoms with Gasteiger partial charge >= 0.3 is 0 Å². The fourth-order valence-corrected chi connectivity index (χ4v) is 3.10. The molecule has 4 nitrogen and oxygen atoms in total. The van der Waals surface area contributed by atoms with Gasteiger partial charge in [0.2, 0.25) is 5.91 Å². The van der Waals surface area contributed by atoms with Gasteiger partial charge in [0.15, 0.2) is 0 Å². The van der Waals surface area contributed by atoms with Gasteiger partial charge in [0.1, 0.15) is 0 Å². The minimum atomic E-state index is -0.0906. The van der Waals surface area contributed by atoms with Gasteiger partial charge in [0.05, 0.1) is 18.2 Å². The molecule has 1 N–H and O–H groups in total. The average Bonchev–Trinajstić information content (AvgIpc) is 2.32. The van der Waals surface area contributed by atoms with E-state index in [-0.39, 0.29) is 17.5 Å². The zero-order valence-corrected chi connectivity index (χ0v) is 11.9. The minimum absolute atomic E-state index is 0.00231. The highest BCUT2D eigenvalue weighted by molar-refractivity contribution is 5.83. The molecule has 0 aromatic rings. The van der Waals surface area contributed by atoms with Crippen LogP contribution in [0.1, 0.15) is 46.5 Å². The van der Waals surface area contributed by atoms with Crippen molar-refractivity contribution in [2.24, 2.45) is 0 Å². The van der Waals surface area contributed by atoms with Crippen molar-refractivity contribution in [1.82, 2.24) is 10.2 Å². The molecule has 0 saturated carbocycles. The quantitative estimate of drug-likeness (QED) is 0.831. The van der Waals surface area contributed by atoms with Crippen molar-refractivity contribution in [2.75, 3.05) is 19.8 Å². The van der Waals surface area contributed by atoms with Crippen molar-refractivity contribution in [3.8, 4) is 0 Å². The molecule has 1 amide bonds. The molecule has 0 aromatic heterocycles. The number of rotatable bonds is 3. The molecule has 18 heavy (non-hydrogen) atoms. The normalized spacial score (nSPS) is 34.1. The Hall–Kier alpha value is -0.610. The standard InChI is InChI=1S/C14H26N2O2/c1-11(2)15-12-6-4-8-16(13(12)17)14(3)7-5-9-18-10-14/h11-12,15H,4-10H2,1-3H3. The van der Waals surface area contributed by atoms with E-state index in [1.807, 2.05) is 0 Å². The van der Waals surface area contributed by atoms with Crippen LogP contribution in [0, 0.1) is 0 Å². The lowest BCUT2D eigenvalue weighted by molar-refractivity contribution is -0.149. The van der Waals surface area contributed by atoms with E-state index in [0.29, 0.717) is 12.6 Å². The summed E-state index contributed by atoms with van der Waals surface area (Å²) in [6.07, 6.45) is 4.17. The fraction of sp³-hybridized carbons (Fsp3) is 0.929. The third-order valence-electron chi connectivity index (χ3n) is 4.04. The van der Waals surface area contributed by atoms with Gasteiger partial charge < -0.3 is 15.0 Å². The number of amides is 1. The predicted octanol–water partition coefficient (Wildman–Crippen LogP) is 1.54. The van der Waals surface area contributed by atoms with Gasteiger partial charge in [-0.25, -0.2) is 0 Å². The van der Waals surface area contributed by atoms with E-state index >= 15 is 0 Å². The zero-order chi connectivity index (χ0) is 13.2. The van der Waals surface area contributed by atoms with Crippen molar-refractivity contribution in [3.63, 3.8) is 0 Å². The molecule has 2 atom stereocenters. The lowest BCUT2D eigenvalue weighted by Crippen LogP contribution is -2.62. The summed E-state index contributed by atoms with van der Waals surface area (Å²) in [5, 5.41) is 3.39. The lowest BCUT2D eigenvalue weighted by Gasteiger charge is -2.47. The van der Waals surface area contributed by atoms with Crippen molar-refractivity contribution in [3.05, 3.63) is 0 Å². The van der Waals surface area contributed by atoms with Crippen LogP contribution in [0.25, 0.3) is 0 Å². The number of likely N-dealkylation sites (tertiary alicyclic amines) is 1. The maximum Gasteiger partial charge on any atom is 0.240 e. The van der Waals surface area contributed by atoms with Crippen LogP contribution in [0.15, 0.2) is 0 Å². The van der Waals surface area contributed by atoms with Crippen LogP contribution in [-0.2, 0) is 9.53 Å². The molecule has 0 spiro atoms. The highest BCUT2D eigenvalue weighted by atomic mass is 16.5. The van der Waals surface area contributed by atoms with Crippen LogP contribution in [0.2, 0.25) is 0 Å². The summed E-state index contributed by atoms with van der Waals surface area (Å²) in [5.74, 6) is 0.267. The van der Waals surface area contributed by atoms with Gasteiger partial charge in [-0.3, -0.25) is 4.79 Å². The molecular weight excluding hydrogens is 228 g/mol. The summed E-state index contributed by atoms with van der Waals surface area (Å²) in [6, 6.07) is 0.354. The molecule has 2 aliphatic rings. The molecule has 2 heterocycles. The molecular formula is C14H26N2O2. The van der Waals surface area contributed by atoms with E-state index in [4.69, 9.17) is 4.74 Å². The van der Waals surface area contributed by atoms with Gasteiger partial charge in [-0.2, -0.15) is 0 Å². The Bertz CT molecular complexity index is 298. The van der Waals surface area contributed by atoms with Gasteiger partial charge in [-0.15, -0.1) is 0 Å². The van der Waals surface area contributed by atoms with E-state index < -0.39 is 0 Å². The second-order valence-electron chi connectivity index (χ2n) is 6.16. The van der Waals surface area contributed by atoms with Crippen LogP contribution in [-0.4, -0.2) is 48.2 Å². The molecule has 0 radical (unpaired) electrons. The van der Waals surface area contributed by atoms with Crippen LogP contribution in [0.5, 0.6) is 0 Å². The Morgan fingerprint density at radius 1 is 1.44 bits per heavy atom. The molecule has 2 rings (SSSR count). The topological polar surface area (TPSA) is 41.6 Å². The van der Waals surface area contributed by atoms with Crippen molar-refractivity contribution >= 4 is 5.91 Å². The number of nitrogens with zero attached hydrogens (tertiary/aromatic N) is 1. The summed E-state index contributed by atoms with van der Waals surface area (Å²) in [5.41, 5.74) is -0.0906. The van der Waals surface area contributed by atoms with Gasteiger partial charge in [0.25, 0.3) is 0 Å². The number of hydrogen-bond acceptors (Lipinski definition) is 3. The Kier molecular flexibility index (Phi) is 4.28. The molecule has 4 heteroatoms. The second kappa shape index (κ2) is 5.57. The SMILES string of the molecule is CC(C)NC1CCCN(C2(C)CCCOC2)C1=O. The van der Waals surface area contributed by atoms with Crippen molar-refractivity contribution in [2.45, 2.75) is 64.1 Å². The van der Waals surface area contributed by atoms with E-state index in [0.717, 1.165) is 38.8 Å². The van der Waals surface area contributed by atoms with E-state index in [1.54, 1.807) is 0 Å². The summed E-state index contributed by atoms with van der Waals surface area (Å²) in [6.45, 7) is 8.77. The summed E-state index contributed by atoms with van der Waals surface area (Å²) >= 11 is 0. The Balaban J connectivity index is 2.05. The monoisotopic (exact) mass is 254 g/mol. The van der Waals surface area contributed by atoms with Gasteiger partial charge in [-0.05, 0) is 32.6 Å². The van der Waals surface area contributed by atoms with E-state index in [2.05, 4.69) is 31.0 Å². The van der Waals surface area contributed by atoms with Crippen LogP contribution in [0.4, 0.5) is 0 Å². The minimum Gasteiger partial charge on any atom is -0.379 e. The molecule has 0 aliphatic carbocycles. The Morgan fingerprint density at radius 3 is 2.83 bits per heavy atom. The highest BCUT2D eigenvalue weighted by Crippen LogP contribution is 2.29. The smallest absolute Gasteiger partial charge is 0.240 e. The summed E-state index contributed by atoms with van der Waals surface area (Å²) in [7, 11) is 0. The molecule has 0 aromatic carbocycles. The van der Waals surface area contributed by atoms with Crippen LogP contribution >= 0.6 is 0 Å². The molecule has 0 bridgehead atoms. The van der Waals surface area contributed by atoms with E-state index in [9.17, 15) is 4.79 Å². The average molecular weight is 254 g/mol. The first-order valence-corrected chi connectivity index (χ1v) is 7.18. The van der Waals surface area contributed by atoms with Crippen LogP contribution in [0.3, 0.4) is 0 Å². The predicted molar refractivity (Wildman–Crippen MR) is 71.5 cm³/mol. The molecule has 2 unspecified atom stereocenters. The van der Waals surface area contributed by atoms with E-state index in [1.165, 1.54) is 0 Å². The number of nitrogens with one attached hydrogen (secondary N) is 1. The number of piperidine rings is 1. The molecule has 2 aliphatic heterocycles. The Labute approximate surface area is 110 Å². The largest absolute Gasteiger partial charge is 0.379 e. The highest BCUT2D eigenvalue weighted by Gasteiger charge is 2.41. The Morgan fingerprint density at radius 2 is 2.22 bits per heavy atom. The number of carbonyl (C=O) groups excluding carboxylic acids is 1. The van der Waals surface area contributed by atoms with Gasteiger partial charge in [-0.1, -0.05) is 13.8 Å². The maximum absolute atomic E-state index is 12.6. The lowest BCUT2D eigenvalue weighted by atomic mass is 9.89. The summed E-state index contributed by atoms with van der Waals surface area (Å²) < 4.78 is 5.59. The summed E-state index contributed by atoms with van der Waals surface area (Å²) in [4.78, 5) is 14.6. The molecule has 104 valence electrons. The van der Waals surface area contributed by atoms with Crippen molar-refractivity contribution < 1.29 is 9.53 Å². The number of hydrogen-bond donors (Lipinski definition) is 1. The fourth-order valence-electron chi connectivity index (χ4n) is 3.10. The third-order valence-corrected chi connectivity index (χ3v) is 4.04. The van der Waals surface area contributed by atoms with Crippen molar-refractivity contribution in [1.29, 1.82) is 0 Å². The second-order valence-corrected chi connectivity index (χ2v) is 6.16. The first kappa shape index (κ1) is 13.8. The van der Waals surface area contributed by atoms with Gasteiger partial charge in [0, 0.05) is 19.2 Å². The first-order chi connectivity index (χ1) is 8.53.